The minimum absolute atomic E-state index is 0.00438. The zero-order chi connectivity index (χ0) is 25.2. The summed E-state index contributed by atoms with van der Waals surface area (Å²) < 4.78 is 48.9. The van der Waals surface area contributed by atoms with Crippen molar-refractivity contribution in [3.63, 3.8) is 0 Å². The molecule has 0 aromatic heterocycles. The Morgan fingerprint density at radius 1 is 1.14 bits per heavy atom. The molecule has 2 N–H and O–H groups in total. The standard InChI is InChI=1S/C24H30F3N3O5/c1-30-18-8-7-16(11-21(31)28-13-24(25,26)27)35-20(18)12-34-19-9-6-15(10-17(19)23(30)33)29-22(32)14-4-2-3-5-14/h6,9-10,14,16,18,20H,2-5,7-8,11-13H2,1H3,(H,28,31)(H,29,32)/t16-,18-,20-/m1/s1. The average molecular weight is 498 g/mol. The molecular formula is C24H30F3N3O5. The van der Waals surface area contributed by atoms with Gasteiger partial charge in [-0.1, -0.05) is 12.8 Å². The van der Waals surface area contributed by atoms with Crippen molar-refractivity contribution in [1.82, 2.24) is 10.2 Å². The average Bonchev–Trinajstić information content (AvgIpc) is 3.35. The molecular weight excluding hydrogens is 467 g/mol. The summed E-state index contributed by atoms with van der Waals surface area (Å²) in [6, 6.07) is 4.63. The van der Waals surface area contributed by atoms with Crippen LogP contribution >= 0.6 is 0 Å². The lowest BCUT2D eigenvalue weighted by atomic mass is 9.94. The molecule has 0 unspecified atom stereocenters. The molecule has 1 aromatic rings. The van der Waals surface area contributed by atoms with Crippen LogP contribution in [0.1, 0.15) is 55.3 Å². The van der Waals surface area contributed by atoms with Crippen LogP contribution in [-0.2, 0) is 14.3 Å². The molecule has 1 saturated heterocycles. The number of benzene rings is 1. The SMILES string of the molecule is CN1C(=O)c2cc(NC(=O)C3CCCC3)ccc2OC[C@H]2O[C@@H](CC(=O)NCC(F)(F)F)CC[C@H]21. The van der Waals surface area contributed by atoms with E-state index in [9.17, 15) is 27.6 Å². The topological polar surface area (TPSA) is 97.0 Å². The van der Waals surface area contributed by atoms with E-state index in [4.69, 9.17) is 9.47 Å². The van der Waals surface area contributed by atoms with Crippen molar-refractivity contribution in [3.8, 4) is 5.75 Å². The van der Waals surface area contributed by atoms with Gasteiger partial charge in [0.15, 0.2) is 0 Å². The Labute approximate surface area is 201 Å². The van der Waals surface area contributed by atoms with Crippen LogP contribution in [0.2, 0.25) is 0 Å². The van der Waals surface area contributed by atoms with Crippen LogP contribution in [0.5, 0.6) is 5.75 Å². The van der Waals surface area contributed by atoms with E-state index in [-0.39, 0.29) is 36.8 Å². The molecule has 0 bridgehead atoms. The predicted octanol–water partition coefficient (Wildman–Crippen LogP) is 3.26. The second-order valence-corrected chi connectivity index (χ2v) is 9.45. The van der Waals surface area contributed by atoms with Gasteiger partial charge in [-0.2, -0.15) is 13.2 Å². The number of carbonyl (C=O) groups is 3. The van der Waals surface area contributed by atoms with Gasteiger partial charge in [0.2, 0.25) is 11.8 Å². The Morgan fingerprint density at radius 3 is 2.60 bits per heavy atom. The molecule has 1 aromatic carbocycles. The third-order valence-electron chi connectivity index (χ3n) is 6.90. The van der Waals surface area contributed by atoms with Gasteiger partial charge in [-0.05, 0) is 43.9 Å². The van der Waals surface area contributed by atoms with E-state index in [2.05, 4.69) is 5.32 Å². The lowest BCUT2D eigenvalue weighted by Gasteiger charge is -2.42. The molecule has 3 atom stereocenters. The van der Waals surface area contributed by atoms with E-state index in [1.54, 1.807) is 30.1 Å². The molecule has 192 valence electrons. The number of nitrogens with zero attached hydrogens (tertiary/aromatic N) is 1. The Balaban J connectivity index is 1.41. The summed E-state index contributed by atoms with van der Waals surface area (Å²) in [4.78, 5) is 39.3. The van der Waals surface area contributed by atoms with Crippen LogP contribution in [0.25, 0.3) is 0 Å². The normalized spacial score (nSPS) is 25.1. The fraction of sp³-hybridized carbons (Fsp3) is 0.625. The first kappa shape index (κ1) is 25.3. The predicted molar refractivity (Wildman–Crippen MR) is 120 cm³/mol. The van der Waals surface area contributed by atoms with E-state index in [1.807, 2.05) is 5.32 Å². The summed E-state index contributed by atoms with van der Waals surface area (Å²) in [7, 11) is 1.67. The number of anilines is 1. The zero-order valence-corrected chi connectivity index (χ0v) is 19.5. The van der Waals surface area contributed by atoms with Crippen LogP contribution in [-0.4, -0.2) is 67.2 Å². The van der Waals surface area contributed by atoms with E-state index in [1.165, 1.54) is 0 Å². The molecule has 8 nitrogen and oxygen atoms in total. The fourth-order valence-electron chi connectivity index (χ4n) is 5.02. The number of alkyl halides is 3. The van der Waals surface area contributed by atoms with Gasteiger partial charge in [0.05, 0.1) is 24.1 Å². The molecule has 1 saturated carbocycles. The molecule has 2 heterocycles. The van der Waals surface area contributed by atoms with Crippen molar-refractivity contribution in [2.75, 3.05) is 25.5 Å². The van der Waals surface area contributed by atoms with Gasteiger partial charge < -0.3 is 25.0 Å². The van der Waals surface area contributed by atoms with Crippen LogP contribution < -0.4 is 15.4 Å². The van der Waals surface area contributed by atoms with Crippen molar-refractivity contribution in [1.29, 1.82) is 0 Å². The Hall–Kier alpha value is -2.82. The number of hydrogen-bond acceptors (Lipinski definition) is 5. The third kappa shape index (κ3) is 6.25. The van der Waals surface area contributed by atoms with Gasteiger partial charge in [0, 0.05) is 18.7 Å². The Morgan fingerprint density at radius 2 is 1.89 bits per heavy atom. The highest BCUT2D eigenvalue weighted by molar-refractivity contribution is 6.00. The minimum atomic E-state index is -4.48. The van der Waals surface area contributed by atoms with Crippen molar-refractivity contribution in [2.45, 2.75) is 69.4 Å². The summed E-state index contributed by atoms with van der Waals surface area (Å²) in [5.74, 6) is -0.708. The quantitative estimate of drug-likeness (QED) is 0.651. The van der Waals surface area contributed by atoms with Crippen LogP contribution in [0.3, 0.4) is 0 Å². The Bertz CT molecular complexity index is 964. The number of hydrogen-bond donors (Lipinski definition) is 2. The minimum Gasteiger partial charge on any atom is -0.490 e. The number of carbonyl (C=O) groups excluding carboxylic acids is 3. The van der Waals surface area contributed by atoms with Gasteiger partial charge in [-0.25, -0.2) is 0 Å². The number of likely N-dealkylation sites (N-methyl/N-ethyl adjacent to an activating group) is 1. The third-order valence-corrected chi connectivity index (χ3v) is 6.90. The van der Waals surface area contributed by atoms with Crippen molar-refractivity contribution in [3.05, 3.63) is 23.8 Å². The van der Waals surface area contributed by atoms with Gasteiger partial charge >= 0.3 is 6.18 Å². The lowest BCUT2D eigenvalue weighted by molar-refractivity contribution is -0.144. The zero-order valence-electron chi connectivity index (χ0n) is 19.5. The number of nitrogens with one attached hydrogen (secondary N) is 2. The maximum Gasteiger partial charge on any atom is 0.405 e. The molecule has 3 aliphatic rings. The first-order valence-corrected chi connectivity index (χ1v) is 11.9. The van der Waals surface area contributed by atoms with Gasteiger partial charge in [-0.15, -0.1) is 0 Å². The van der Waals surface area contributed by atoms with Gasteiger partial charge in [0.25, 0.3) is 5.91 Å². The summed E-state index contributed by atoms with van der Waals surface area (Å²) in [6.07, 6.45) is -1.01. The fourth-order valence-corrected chi connectivity index (χ4v) is 5.02. The largest absolute Gasteiger partial charge is 0.490 e. The second-order valence-electron chi connectivity index (χ2n) is 9.45. The number of rotatable bonds is 5. The Kier molecular flexibility index (Phi) is 7.53. The maximum absolute atomic E-state index is 13.3. The first-order chi connectivity index (χ1) is 16.6. The van der Waals surface area contributed by atoms with E-state index >= 15 is 0 Å². The lowest BCUT2D eigenvalue weighted by Crippen LogP contribution is -2.54. The molecule has 35 heavy (non-hydrogen) atoms. The van der Waals surface area contributed by atoms with Crippen molar-refractivity contribution >= 4 is 23.4 Å². The number of ether oxygens (including phenoxy) is 2. The summed E-state index contributed by atoms with van der Waals surface area (Å²) >= 11 is 0. The van der Waals surface area contributed by atoms with Gasteiger partial charge in [-0.3, -0.25) is 14.4 Å². The molecule has 0 spiro atoms. The van der Waals surface area contributed by atoms with Crippen LogP contribution in [0.15, 0.2) is 18.2 Å². The molecule has 3 amide bonds. The van der Waals surface area contributed by atoms with E-state index < -0.39 is 30.8 Å². The number of amides is 3. The van der Waals surface area contributed by atoms with E-state index in [0.29, 0.717) is 29.8 Å². The van der Waals surface area contributed by atoms with Gasteiger partial charge in [0.1, 0.15) is 25.0 Å². The van der Waals surface area contributed by atoms with Crippen LogP contribution in [0, 0.1) is 5.92 Å². The summed E-state index contributed by atoms with van der Waals surface area (Å²) in [5, 5.41) is 4.77. The molecule has 1 aliphatic carbocycles. The monoisotopic (exact) mass is 497 g/mol. The molecule has 0 radical (unpaired) electrons. The number of fused-ring (bicyclic) bond motifs is 2. The highest BCUT2D eigenvalue weighted by Gasteiger charge is 2.39. The van der Waals surface area contributed by atoms with E-state index in [0.717, 1.165) is 25.7 Å². The summed E-state index contributed by atoms with van der Waals surface area (Å²) in [5.41, 5.74) is 0.872. The van der Waals surface area contributed by atoms with Crippen LogP contribution in [0.4, 0.5) is 18.9 Å². The number of halogens is 3. The van der Waals surface area contributed by atoms with Crippen molar-refractivity contribution < 1.29 is 37.0 Å². The van der Waals surface area contributed by atoms with Crippen molar-refractivity contribution in [2.24, 2.45) is 5.92 Å². The highest BCUT2D eigenvalue weighted by atomic mass is 19.4. The molecule has 2 aliphatic heterocycles. The molecule has 2 fully saturated rings. The second kappa shape index (κ2) is 10.4. The maximum atomic E-state index is 13.3. The molecule has 4 rings (SSSR count). The highest BCUT2D eigenvalue weighted by Crippen LogP contribution is 2.33. The smallest absolute Gasteiger partial charge is 0.405 e. The summed E-state index contributed by atoms with van der Waals surface area (Å²) in [6.45, 7) is -1.27. The molecule has 11 heteroatoms. The first-order valence-electron chi connectivity index (χ1n) is 11.9.